The number of aliphatic hydroxyl groups is 5. The average Bonchev–Trinajstić information content (AvgIpc) is 3.85. The van der Waals surface area contributed by atoms with Crippen LogP contribution in [0.3, 0.4) is 0 Å². The summed E-state index contributed by atoms with van der Waals surface area (Å²) in [4.78, 5) is 27.1. The molecule has 0 spiro atoms. The fourth-order valence-electron chi connectivity index (χ4n) is 15.9. The van der Waals surface area contributed by atoms with Crippen molar-refractivity contribution in [2.45, 2.75) is 126 Å². The zero-order valence-corrected chi connectivity index (χ0v) is 32.3. The lowest BCUT2D eigenvalue weighted by atomic mass is 9.35. The zero-order valence-electron chi connectivity index (χ0n) is 32.3. The fraction of sp³-hybridized carbons (Fsp3) is 0.818. The summed E-state index contributed by atoms with van der Waals surface area (Å²) in [5, 5.41) is 67.9. The molecule has 0 bridgehead atoms. The number of aldehydes is 1. The maximum Gasteiger partial charge on any atom is 0.331 e. The number of rotatable bonds is 9. The van der Waals surface area contributed by atoms with Gasteiger partial charge in [-0.15, -0.1) is 0 Å². The molecule has 0 aromatic rings. The smallest absolute Gasteiger partial charge is 0.331 e. The highest BCUT2D eigenvalue weighted by molar-refractivity contribution is 5.87. The molecule has 0 aromatic heterocycles. The lowest BCUT2D eigenvalue weighted by molar-refractivity contribution is -0.345. The van der Waals surface area contributed by atoms with Crippen molar-refractivity contribution in [3.8, 4) is 0 Å². The summed E-state index contributed by atoms with van der Waals surface area (Å²) in [5.74, 6) is -1.17. The van der Waals surface area contributed by atoms with Gasteiger partial charge in [-0.05, 0) is 117 Å². The molecule has 6 saturated carbocycles. The number of carbonyl (C=O) groups excluding carboxylic acids is 2. The summed E-state index contributed by atoms with van der Waals surface area (Å²) in [6, 6.07) is 0. The lowest BCUT2D eigenvalue weighted by Crippen LogP contribution is -2.81. The Hall–Kier alpha value is -1.92. The minimum atomic E-state index is -1.77. The van der Waals surface area contributed by atoms with Crippen LogP contribution in [0.5, 0.6) is 0 Å². The van der Waals surface area contributed by atoms with Crippen molar-refractivity contribution in [1.82, 2.24) is 5.32 Å². The van der Waals surface area contributed by atoms with Crippen molar-refractivity contribution >= 4 is 12.3 Å². The number of carbonyl (C=O) groups is 2. The zero-order chi connectivity index (χ0) is 37.9. The van der Waals surface area contributed by atoms with E-state index in [0.717, 1.165) is 24.7 Å². The second kappa shape index (κ2) is 13.0. The van der Waals surface area contributed by atoms with Crippen LogP contribution in [0.4, 0.5) is 0 Å². The van der Waals surface area contributed by atoms with Crippen LogP contribution in [-0.2, 0) is 19.1 Å². The van der Waals surface area contributed by atoms with Crippen molar-refractivity contribution in [2.24, 2.45) is 63.6 Å². The number of fused-ring (bicyclic) bond motifs is 9. The topological polar surface area (TPSA) is 166 Å². The Morgan fingerprint density at radius 2 is 1.85 bits per heavy atom. The quantitative estimate of drug-likeness (QED) is 0.0885. The molecule has 1 aliphatic heterocycles. The third kappa shape index (κ3) is 4.59. The third-order valence-electron chi connectivity index (χ3n) is 18.2. The molecule has 15 atom stereocenters. The molecule has 9 rings (SSSR count). The first-order chi connectivity index (χ1) is 25.9. The Labute approximate surface area is 319 Å². The van der Waals surface area contributed by atoms with Gasteiger partial charge >= 0.3 is 5.97 Å². The number of allylic oxidation sites excluding steroid dienone is 3. The second-order valence-electron chi connectivity index (χ2n) is 19.6. The molecule has 10 nitrogen and oxygen atoms in total. The van der Waals surface area contributed by atoms with Crippen molar-refractivity contribution in [3.05, 3.63) is 35.5 Å². The Morgan fingerprint density at radius 1 is 1.06 bits per heavy atom. The Morgan fingerprint density at radius 3 is 2.59 bits per heavy atom. The van der Waals surface area contributed by atoms with Gasteiger partial charge in [-0.25, -0.2) is 4.79 Å². The van der Waals surface area contributed by atoms with E-state index < -0.39 is 74.9 Å². The standard InChI is InChI=1S/C44H63NO9/c1-39-13-12-36-40(24-46)14-11-35(48)33-18-27-9-5-10-31(26-7-3-4-8-26)32(27)19-30(44(33,40)52)21-42(36,50)43(39,51)22-29-17-28(23-45-15-6-16-53-2)38-34(20-37(49)54-38)41(29,39)25-47/h5,9,17,20,24,26-27,29-33,35-36,38,45,47-48,50-52H,3-4,6-8,10-16,18-19,21-23,25H2,1-2H3/t27-,29+,30-,31-,32+,33-,35+,36-,38+,39-,40+,41-,42+,43-,44+/m1/s1. The highest BCUT2D eigenvalue weighted by atomic mass is 16.5. The minimum Gasteiger partial charge on any atom is -0.450 e. The first-order valence-electron chi connectivity index (χ1n) is 21.3. The third-order valence-corrected chi connectivity index (χ3v) is 18.2. The minimum absolute atomic E-state index is 0.118. The molecule has 0 saturated heterocycles. The normalized spacial score (nSPS) is 51.8. The highest BCUT2D eigenvalue weighted by Crippen LogP contribution is 2.79. The van der Waals surface area contributed by atoms with Crippen LogP contribution in [-0.4, -0.2) is 100 Å². The molecule has 0 unspecified atom stereocenters. The first kappa shape index (κ1) is 37.6. The van der Waals surface area contributed by atoms with Gasteiger partial charge < -0.3 is 45.1 Å². The molecule has 9 aliphatic rings. The van der Waals surface area contributed by atoms with Gasteiger partial charge in [-0.1, -0.05) is 50.8 Å². The number of hydrogen-bond donors (Lipinski definition) is 6. The van der Waals surface area contributed by atoms with Crippen LogP contribution in [0.1, 0.15) is 96.8 Å². The van der Waals surface area contributed by atoms with Crippen molar-refractivity contribution in [2.75, 3.05) is 33.4 Å². The van der Waals surface area contributed by atoms with Gasteiger partial charge in [0.1, 0.15) is 18.0 Å². The molecular formula is C44H63NO9. The maximum absolute atomic E-state index is 14.0. The van der Waals surface area contributed by atoms with Gasteiger partial charge in [0.25, 0.3) is 0 Å². The van der Waals surface area contributed by atoms with Gasteiger partial charge in [-0.3, -0.25) is 0 Å². The summed E-state index contributed by atoms with van der Waals surface area (Å²) in [6.45, 7) is 3.43. The molecule has 1 heterocycles. The van der Waals surface area contributed by atoms with Crippen molar-refractivity contribution < 1.29 is 44.6 Å². The van der Waals surface area contributed by atoms with E-state index in [4.69, 9.17) is 9.47 Å². The van der Waals surface area contributed by atoms with Crippen LogP contribution < -0.4 is 5.32 Å². The maximum atomic E-state index is 14.0. The van der Waals surface area contributed by atoms with Gasteiger partial charge in [0.15, 0.2) is 0 Å². The number of esters is 1. The van der Waals surface area contributed by atoms with E-state index >= 15 is 0 Å². The number of methoxy groups -OCH3 is 1. The molecule has 6 fully saturated rings. The SMILES string of the molecule is COCCCNCC1=C[C@H]2C[C@@]3(O)[C@](C)(CC[C@H]4[C@@]3(O)C[C@H]3C[C@H]5[C@H](C=CC[C@@H]5C5CCCC5)C[C@@H]5[C@@H](O)CC[C@@]4(C=O)[C@]35O)[C@@]2(CO)C2=CC(=O)O[C@@H]12. The molecule has 6 N–H and O–H groups in total. The number of aliphatic hydroxyl groups excluding tert-OH is 2. The molecule has 298 valence electrons. The molecular weight excluding hydrogens is 686 g/mol. The average molecular weight is 750 g/mol. The molecule has 0 radical (unpaired) electrons. The van der Waals surface area contributed by atoms with Crippen LogP contribution in [0, 0.1) is 63.6 Å². The summed E-state index contributed by atoms with van der Waals surface area (Å²) >= 11 is 0. The van der Waals surface area contributed by atoms with Crippen LogP contribution in [0.15, 0.2) is 35.5 Å². The Balaban J connectivity index is 1.15. The van der Waals surface area contributed by atoms with Crippen LogP contribution in [0.2, 0.25) is 0 Å². The molecule has 54 heavy (non-hydrogen) atoms. The van der Waals surface area contributed by atoms with Crippen molar-refractivity contribution in [3.63, 3.8) is 0 Å². The van der Waals surface area contributed by atoms with E-state index in [9.17, 15) is 35.1 Å². The van der Waals surface area contributed by atoms with E-state index in [1.807, 2.05) is 6.92 Å². The van der Waals surface area contributed by atoms with Gasteiger partial charge in [0, 0.05) is 49.0 Å². The lowest BCUT2D eigenvalue weighted by Gasteiger charge is -2.72. The summed E-state index contributed by atoms with van der Waals surface area (Å²) in [6.07, 6.45) is 17.3. The fourth-order valence-corrected chi connectivity index (χ4v) is 15.9. The molecule has 0 aromatic carbocycles. The predicted molar refractivity (Wildman–Crippen MR) is 199 cm³/mol. The first-order valence-corrected chi connectivity index (χ1v) is 21.3. The monoisotopic (exact) mass is 749 g/mol. The highest BCUT2D eigenvalue weighted by Gasteiger charge is 2.84. The van der Waals surface area contributed by atoms with Crippen LogP contribution in [0.25, 0.3) is 0 Å². The summed E-state index contributed by atoms with van der Waals surface area (Å²) in [7, 11) is 1.67. The number of nitrogens with one attached hydrogen (secondary N) is 1. The second-order valence-corrected chi connectivity index (χ2v) is 19.6. The van der Waals surface area contributed by atoms with Gasteiger partial charge in [0.2, 0.25) is 0 Å². The van der Waals surface area contributed by atoms with E-state index in [-0.39, 0.29) is 37.7 Å². The molecule has 8 aliphatic carbocycles. The van der Waals surface area contributed by atoms with E-state index in [0.29, 0.717) is 69.2 Å². The van der Waals surface area contributed by atoms with Crippen molar-refractivity contribution in [1.29, 1.82) is 0 Å². The van der Waals surface area contributed by atoms with Gasteiger partial charge in [-0.2, -0.15) is 0 Å². The summed E-state index contributed by atoms with van der Waals surface area (Å²) < 4.78 is 11.2. The van der Waals surface area contributed by atoms with E-state index in [1.54, 1.807) is 7.11 Å². The number of hydrogen-bond acceptors (Lipinski definition) is 10. The summed E-state index contributed by atoms with van der Waals surface area (Å²) in [5.41, 5.74) is -7.05. The van der Waals surface area contributed by atoms with E-state index in [2.05, 4.69) is 23.5 Å². The van der Waals surface area contributed by atoms with E-state index in [1.165, 1.54) is 31.8 Å². The van der Waals surface area contributed by atoms with Crippen LogP contribution >= 0.6 is 0 Å². The largest absolute Gasteiger partial charge is 0.450 e. The Kier molecular flexibility index (Phi) is 9.10. The number of ether oxygens (including phenoxy) is 2. The molecule has 0 amide bonds. The Bertz CT molecular complexity index is 1620. The molecule has 10 heteroatoms. The van der Waals surface area contributed by atoms with Gasteiger partial charge in [0.05, 0.1) is 29.3 Å². The predicted octanol–water partition coefficient (Wildman–Crippen LogP) is 3.78.